The summed E-state index contributed by atoms with van der Waals surface area (Å²) in [7, 11) is 0. The predicted molar refractivity (Wildman–Crippen MR) is 74.4 cm³/mol. The molecule has 1 aliphatic heterocycles. The number of esters is 1. The molecule has 0 saturated carbocycles. The van der Waals surface area contributed by atoms with Crippen LogP contribution in [-0.4, -0.2) is 41.0 Å². The van der Waals surface area contributed by atoms with E-state index in [1.807, 2.05) is 6.07 Å². The standard InChI is InChI=1S/C15H17N3O3/c1-3-21-15(20)13-5-4-8-18(13)14(19)12-7-6-11(9-16)10(2)17-12/h6-7,13H,3-5,8H2,1-2H3. The van der Waals surface area contributed by atoms with E-state index in [1.54, 1.807) is 19.9 Å². The van der Waals surface area contributed by atoms with Gasteiger partial charge in [0.15, 0.2) is 0 Å². The summed E-state index contributed by atoms with van der Waals surface area (Å²) in [6, 6.07) is 4.58. The zero-order valence-electron chi connectivity index (χ0n) is 12.1. The van der Waals surface area contributed by atoms with E-state index in [0.717, 1.165) is 6.42 Å². The lowest BCUT2D eigenvalue weighted by Crippen LogP contribution is -2.41. The topological polar surface area (TPSA) is 83.3 Å². The monoisotopic (exact) mass is 287 g/mol. The van der Waals surface area contributed by atoms with Gasteiger partial charge in [0.2, 0.25) is 0 Å². The van der Waals surface area contributed by atoms with E-state index < -0.39 is 6.04 Å². The summed E-state index contributed by atoms with van der Waals surface area (Å²) in [4.78, 5) is 30.0. The number of hydrogen-bond donors (Lipinski definition) is 0. The Morgan fingerprint density at radius 3 is 2.90 bits per heavy atom. The molecule has 6 heteroatoms. The predicted octanol–water partition coefficient (Wildman–Crippen LogP) is 1.43. The first kappa shape index (κ1) is 15.0. The molecule has 21 heavy (non-hydrogen) atoms. The van der Waals surface area contributed by atoms with Gasteiger partial charge in [-0.3, -0.25) is 4.79 Å². The van der Waals surface area contributed by atoms with Gasteiger partial charge in [0.1, 0.15) is 17.8 Å². The zero-order valence-corrected chi connectivity index (χ0v) is 12.1. The van der Waals surface area contributed by atoms with Crippen LogP contribution in [0.5, 0.6) is 0 Å². The third-order valence-corrected chi connectivity index (χ3v) is 3.50. The molecule has 1 aromatic heterocycles. The van der Waals surface area contributed by atoms with Gasteiger partial charge in [0.05, 0.1) is 17.9 Å². The molecule has 0 N–H and O–H groups in total. The van der Waals surface area contributed by atoms with Crippen molar-refractivity contribution < 1.29 is 14.3 Å². The van der Waals surface area contributed by atoms with Crippen LogP contribution in [0, 0.1) is 18.3 Å². The van der Waals surface area contributed by atoms with Crippen LogP contribution in [-0.2, 0) is 9.53 Å². The minimum absolute atomic E-state index is 0.252. The number of rotatable bonds is 3. The number of aromatic nitrogens is 1. The van der Waals surface area contributed by atoms with Crippen LogP contribution in [0.15, 0.2) is 12.1 Å². The van der Waals surface area contributed by atoms with Gasteiger partial charge in [-0.2, -0.15) is 5.26 Å². The van der Waals surface area contributed by atoms with Crippen molar-refractivity contribution in [3.8, 4) is 6.07 Å². The van der Waals surface area contributed by atoms with Gasteiger partial charge < -0.3 is 9.64 Å². The SMILES string of the molecule is CCOC(=O)C1CCCN1C(=O)c1ccc(C#N)c(C)n1. The molecule has 0 bridgehead atoms. The van der Waals surface area contributed by atoms with Crippen molar-refractivity contribution in [3.63, 3.8) is 0 Å². The van der Waals surface area contributed by atoms with E-state index in [4.69, 9.17) is 10.00 Å². The average Bonchev–Trinajstić information content (AvgIpc) is 2.96. The highest BCUT2D eigenvalue weighted by Crippen LogP contribution is 2.21. The number of likely N-dealkylation sites (tertiary alicyclic amines) is 1. The van der Waals surface area contributed by atoms with E-state index >= 15 is 0 Å². The fourth-order valence-electron chi connectivity index (χ4n) is 2.44. The normalized spacial score (nSPS) is 17.4. The van der Waals surface area contributed by atoms with Crippen molar-refractivity contribution in [2.45, 2.75) is 32.7 Å². The Balaban J connectivity index is 2.21. The van der Waals surface area contributed by atoms with Crippen LogP contribution >= 0.6 is 0 Å². The Labute approximate surface area is 123 Å². The highest BCUT2D eigenvalue weighted by molar-refractivity contribution is 5.95. The van der Waals surface area contributed by atoms with Crippen molar-refractivity contribution in [3.05, 3.63) is 29.1 Å². The first-order valence-electron chi connectivity index (χ1n) is 6.93. The molecule has 1 unspecified atom stereocenters. The molecule has 1 amide bonds. The van der Waals surface area contributed by atoms with Crippen LogP contribution in [0.4, 0.5) is 0 Å². The molecule has 6 nitrogen and oxygen atoms in total. The van der Waals surface area contributed by atoms with Gasteiger partial charge in [-0.05, 0) is 38.8 Å². The summed E-state index contributed by atoms with van der Waals surface area (Å²) in [5.74, 6) is -0.660. The van der Waals surface area contributed by atoms with Crippen molar-refractivity contribution >= 4 is 11.9 Å². The van der Waals surface area contributed by atoms with Gasteiger partial charge in [-0.1, -0.05) is 0 Å². The molecule has 0 radical (unpaired) electrons. The average molecular weight is 287 g/mol. The van der Waals surface area contributed by atoms with Gasteiger partial charge in [0, 0.05) is 6.54 Å². The number of nitriles is 1. The Hall–Kier alpha value is -2.42. The Morgan fingerprint density at radius 1 is 1.52 bits per heavy atom. The number of carbonyl (C=O) groups excluding carboxylic acids is 2. The summed E-state index contributed by atoms with van der Waals surface area (Å²) in [6.45, 7) is 4.24. The third kappa shape index (κ3) is 3.02. The van der Waals surface area contributed by atoms with Crippen LogP contribution in [0.3, 0.4) is 0 Å². The maximum Gasteiger partial charge on any atom is 0.328 e. The number of hydrogen-bond acceptors (Lipinski definition) is 5. The zero-order chi connectivity index (χ0) is 15.4. The van der Waals surface area contributed by atoms with Crippen LogP contribution in [0.2, 0.25) is 0 Å². The number of aryl methyl sites for hydroxylation is 1. The largest absolute Gasteiger partial charge is 0.464 e. The fourth-order valence-corrected chi connectivity index (χ4v) is 2.44. The molecule has 0 aliphatic carbocycles. The summed E-state index contributed by atoms with van der Waals surface area (Å²) in [6.07, 6.45) is 1.38. The van der Waals surface area contributed by atoms with Crippen molar-refractivity contribution in [2.24, 2.45) is 0 Å². The molecular formula is C15H17N3O3. The molecule has 2 heterocycles. The molecule has 110 valence electrons. The second-order valence-electron chi connectivity index (χ2n) is 4.85. The smallest absolute Gasteiger partial charge is 0.328 e. The molecule has 1 aliphatic rings. The van der Waals surface area contributed by atoms with E-state index in [1.165, 1.54) is 11.0 Å². The summed E-state index contributed by atoms with van der Waals surface area (Å²) < 4.78 is 5.01. The summed E-state index contributed by atoms with van der Waals surface area (Å²) in [5.41, 5.74) is 1.20. The fraction of sp³-hybridized carbons (Fsp3) is 0.467. The van der Waals surface area contributed by atoms with Crippen molar-refractivity contribution in [1.82, 2.24) is 9.88 Å². The maximum absolute atomic E-state index is 12.5. The molecule has 0 aromatic carbocycles. The number of pyridine rings is 1. The van der Waals surface area contributed by atoms with Crippen LogP contribution in [0.1, 0.15) is 41.5 Å². The van der Waals surface area contributed by atoms with Gasteiger partial charge in [0.25, 0.3) is 5.91 Å². The highest BCUT2D eigenvalue weighted by Gasteiger charge is 2.36. The second-order valence-corrected chi connectivity index (χ2v) is 4.85. The van der Waals surface area contributed by atoms with Crippen LogP contribution in [0.25, 0.3) is 0 Å². The molecule has 0 spiro atoms. The molecule has 1 fully saturated rings. The molecule has 1 atom stereocenters. The Kier molecular flexibility index (Phi) is 4.53. The number of nitrogens with zero attached hydrogens (tertiary/aromatic N) is 3. The maximum atomic E-state index is 12.5. The Morgan fingerprint density at radius 2 is 2.29 bits per heavy atom. The van der Waals surface area contributed by atoms with Crippen molar-refractivity contribution in [2.75, 3.05) is 13.2 Å². The molecular weight excluding hydrogens is 270 g/mol. The minimum atomic E-state index is -0.532. The Bertz CT molecular complexity index is 607. The number of ether oxygens (including phenoxy) is 1. The lowest BCUT2D eigenvalue weighted by Gasteiger charge is -2.22. The van der Waals surface area contributed by atoms with Gasteiger partial charge in [-0.25, -0.2) is 9.78 Å². The summed E-state index contributed by atoms with van der Waals surface area (Å²) in [5, 5.41) is 8.89. The van der Waals surface area contributed by atoms with E-state index in [0.29, 0.717) is 30.8 Å². The number of carbonyl (C=O) groups is 2. The lowest BCUT2D eigenvalue weighted by atomic mass is 10.2. The first-order valence-corrected chi connectivity index (χ1v) is 6.93. The minimum Gasteiger partial charge on any atom is -0.464 e. The van der Waals surface area contributed by atoms with E-state index in [-0.39, 0.29) is 17.6 Å². The quantitative estimate of drug-likeness (QED) is 0.785. The highest BCUT2D eigenvalue weighted by atomic mass is 16.5. The first-order chi connectivity index (χ1) is 10.1. The second kappa shape index (κ2) is 6.35. The lowest BCUT2D eigenvalue weighted by molar-refractivity contribution is -0.147. The third-order valence-electron chi connectivity index (χ3n) is 3.50. The van der Waals surface area contributed by atoms with Gasteiger partial charge in [-0.15, -0.1) is 0 Å². The molecule has 2 rings (SSSR count). The number of amides is 1. The van der Waals surface area contributed by atoms with Gasteiger partial charge >= 0.3 is 5.97 Å². The van der Waals surface area contributed by atoms with Crippen LogP contribution < -0.4 is 0 Å². The summed E-state index contributed by atoms with van der Waals surface area (Å²) >= 11 is 0. The van der Waals surface area contributed by atoms with E-state index in [9.17, 15) is 9.59 Å². The van der Waals surface area contributed by atoms with Crippen molar-refractivity contribution in [1.29, 1.82) is 5.26 Å². The van der Waals surface area contributed by atoms with E-state index in [2.05, 4.69) is 4.98 Å². The molecule has 1 aromatic rings. The molecule has 1 saturated heterocycles.